The predicted molar refractivity (Wildman–Crippen MR) is 67.0 cm³/mol. The summed E-state index contributed by atoms with van der Waals surface area (Å²) in [6.45, 7) is 2.28. The summed E-state index contributed by atoms with van der Waals surface area (Å²) in [5.41, 5.74) is 7.15. The largest absolute Gasteiger partial charge is 0.487 e. The van der Waals surface area contributed by atoms with Crippen LogP contribution in [0.4, 0.5) is 5.82 Å². The molecular weight excluding hydrogens is 238 g/mol. The predicted octanol–water partition coefficient (Wildman–Crippen LogP) is 2.60. The van der Waals surface area contributed by atoms with E-state index in [2.05, 4.69) is 9.97 Å². The number of aryl methyl sites for hydroxylation is 1. The van der Waals surface area contributed by atoms with Crippen LogP contribution >= 0.6 is 11.6 Å². The topological polar surface area (TPSA) is 61.0 Å². The minimum absolute atomic E-state index is 0.356. The minimum atomic E-state index is 0.356. The number of anilines is 1. The van der Waals surface area contributed by atoms with Crippen LogP contribution in [-0.4, -0.2) is 9.97 Å². The van der Waals surface area contributed by atoms with Gasteiger partial charge in [-0.2, -0.15) is 0 Å². The van der Waals surface area contributed by atoms with Crippen molar-refractivity contribution in [2.75, 3.05) is 5.73 Å². The van der Waals surface area contributed by atoms with Crippen LogP contribution in [0.15, 0.2) is 30.6 Å². The molecule has 1 aromatic carbocycles. The number of halogens is 1. The average molecular weight is 250 g/mol. The SMILES string of the molecule is Cc1cc(OCc2cnc(N)cn2)ccc1Cl. The van der Waals surface area contributed by atoms with Crippen molar-refractivity contribution in [1.82, 2.24) is 9.97 Å². The standard InChI is InChI=1S/C12H12ClN3O/c1-8-4-10(2-3-11(8)13)17-7-9-5-16-12(14)6-15-9/h2-6H,7H2,1H3,(H2,14,16). The van der Waals surface area contributed by atoms with Gasteiger partial charge in [0.2, 0.25) is 0 Å². The number of aromatic nitrogens is 2. The number of nitrogens with two attached hydrogens (primary N) is 1. The molecule has 0 aliphatic heterocycles. The Balaban J connectivity index is 2.02. The van der Waals surface area contributed by atoms with Crippen LogP contribution in [0.5, 0.6) is 5.75 Å². The summed E-state index contributed by atoms with van der Waals surface area (Å²) in [5, 5.41) is 0.727. The summed E-state index contributed by atoms with van der Waals surface area (Å²) in [7, 11) is 0. The second kappa shape index (κ2) is 5.01. The Hall–Kier alpha value is -1.81. The zero-order valence-electron chi connectivity index (χ0n) is 9.35. The molecule has 2 aromatic rings. The molecule has 88 valence electrons. The highest BCUT2D eigenvalue weighted by molar-refractivity contribution is 6.31. The third-order valence-electron chi connectivity index (χ3n) is 2.24. The summed E-state index contributed by atoms with van der Waals surface area (Å²) in [6.07, 6.45) is 3.10. The lowest BCUT2D eigenvalue weighted by Crippen LogP contribution is -2.00. The van der Waals surface area contributed by atoms with Crippen molar-refractivity contribution in [2.24, 2.45) is 0 Å². The van der Waals surface area contributed by atoms with Crippen LogP contribution < -0.4 is 10.5 Å². The van der Waals surface area contributed by atoms with Gasteiger partial charge in [-0.05, 0) is 30.7 Å². The van der Waals surface area contributed by atoms with Gasteiger partial charge in [-0.15, -0.1) is 0 Å². The molecule has 0 saturated carbocycles. The first kappa shape index (κ1) is 11.7. The molecule has 2 N–H and O–H groups in total. The highest BCUT2D eigenvalue weighted by Gasteiger charge is 2.00. The molecule has 0 radical (unpaired) electrons. The van der Waals surface area contributed by atoms with Crippen molar-refractivity contribution in [2.45, 2.75) is 13.5 Å². The maximum Gasteiger partial charge on any atom is 0.141 e. The van der Waals surface area contributed by atoms with E-state index in [0.29, 0.717) is 12.4 Å². The Morgan fingerprint density at radius 3 is 2.76 bits per heavy atom. The molecule has 0 amide bonds. The van der Waals surface area contributed by atoms with Crippen LogP contribution in [-0.2, 0) is 6.61 Å². The number of hydrogen-bond donors (Lipinski definition) is 1. The molecule has 0 fully saturated rings. The first-order valence-corrected chi connectivity index (χ1v) is 5.48. The van der Waals surface area contributed by atoms with E-state index in [9.17, 15) is 0 Å². The molecule has 4 nitrogen and oxygen atoms in total. The summed E-state index contributed by atoms with van der Waals surface area (Å²) < 4.78 is 5.57. The zero-order chi connectivity index (χ0) is 12.3. The molecule has 0 atom stereocenters. The molecule has 1 heterocycles. The van der Waals surface area contributed by atoms with Crippen molar-refractivity contribution in [3.63, 3.8) is 0 Å². The van der Waals surface area contributed by atoms with Gasteiger partial charge < -0.3 is 10.5 Å². The normalized spacial score (nSPS) is 10.2. The Kier molecular flexibility index (Phi) is 3.44. The van der Waals surface area contributed by atoms with E-state index in [1.54, 1.807) is 12.3 Å². The lowest BCUT2D eigenvalue weighted by atomic mass is 10.2. The first-order valence-electron chi connectivity index (χ1n) is 5.10. The number of hydrogen-bond acceptors (Lipinski definition) is 4. The van der Waals surface area contributed by atoms with Crippen molar-refractivity contribution < 1.29 is 4.74 Å². The quantitative estimate of drug-likeness (QED) is 0.908. The van der Waals surface area contributed by atoms with Crippen LogP contribution in [0.2, 0.25) is 5.02 Å². The Bertz CT molecular complexity index is 514. The number of ether oxygens (including phenoxy) is 1. The number of nitrogens with zero attached hydrogens (tertiary/aromatic N) is 2. The summed E-state index contributed by atoms with van der Waals surface area (Å²) in [4.78, 5) is 8.03. The van der Waals surface area contributed by atoms with Crippen molar-refractivity contribution >= 4 is 17.4 Å². The second-order valence-electron chi connectivity index (χ2n) is 3.63. The Morgan fingerprint density at radius 2 is 2.12 bits per heavy atom. The zero-order valence-corrected chi connectivity index (χ0v) is 10.1. The van der Waals surface area contributed by atoms with E-state index in [1.807, 2.05) is 19.1 Å². The van der Waals surface area contributed by atoms with Crippen molar-refractivity contribution in [1.29, 1.82) is 0 Å². The van der Waals surface area contributed by atoms with E-state index in [1.165, 1.54) is 6.20 Å². The summed E-state index contributed by atoms with van der Waals surface area (Å²) in [5.74, 6) is 1.15. The number of rotatable bonds is 3. The molecule has 17 heavy (non-hydrogen) atoms. The molecule has 5 heteroatoms. The highest BCUT2D eigenvalue weighted by atomic mass is 35.5. The third kappa shape index (κ3) is 3.07. The fourth-order valence-corrected chi connectivity index (χ4v) is 1.42. The Labute approximate surface area is 104 Å². The molecule has 2 rings (SSSR count). The van der Waals surface area contributed by atoms with E-state index in [0.717, 1.165) is 22.0 Å². The van der Waals surface area contributed by atoms with Gasteiger partial charge in [-0.3, -0.25) is 4.98 Å². The maximum atomic E-state index is 5.92. The summed E-state index contributed by atoms with van der Waals surface area (Å²) >= 11 is 5.92. The van der Waals surface area contributed by atoms with E-state index in [4.69, 9.17) is 22.1 Å². The van der Waals surface area contributed by atoms with E-state index < -0.39 is 0 Å². The second-order valence-corrected chi connectivity index (χ2v) is 4.04. The van der Waals surface area contributed by atoms with Gasteiger partial charge in [0.15, 0.2) is 0 Å². The van der Waals surface area contributed by atoms with Crippen LogP contribution in [0, 0.1) is 6.92 Å². The first-order chi connectivity index (χ1) is 8.15. The van der Waals surface area contributed by atoms with E-state index >= 15 is 0 Å². The monoisotopic (exact) mass is 249 g/mol. The number of nitrogen functional groups attached to an aromatic ring is 1. The van der Waals surface area contributed by atoms with Gasteiger partial charge in [-0.1, -0.05) is 11.6 Å². The molecule has 0 saturated heterocycles. The molecule has 1 aromatic heterocycles. The molecule has 0 aliphatic carbocycles. The molecule has 0 spiro atoms. The van der Waals surface area contributed by atoms with Gasteiger partial charge in [0, 0.05) is 5.02 Å². The third-order valence-corrected chi connectivity index (χ3v) is 2.67. The fraction of sp³-hybridized carbons (Fsp3) is 0.167. The summed E-state index contributed by atoms with van der Waals surface area (Å²) in [6, 6.07) is 5.51. The molecular formula is C12H12ClN3O. The molecule has 0 unspecified atom stereocenters. The molecule has 0 aliphatic rings. The molecule has 0 bridgehead atoms. The van der Waals surface area contributed by atoms with Crippen molar-refractivity contribution in [3.8, 4) is 5.75 Å². The van der Waals surface area contributed by atoms with Crippen LogP contribution in [0.1, 0.15) is 11.3 Å². The Morgan fingerprint density at radius 1 is 1.29 bits per heavy atom. The van der Waals surface area contributed by atoms with Crippen molar-refractivity contribution in [3.05, 3.63) is 46.9 Å². The fourth-order valence-electron chi connectivity index (χ4n) is 1.30. The maximum absolute atomic E-state index is 5.92. The average Bonchev–Trinajstić information content (AvgIpc) is 2.33. The van der Waals surface area contributed by atoms with E-state index in [-0.39, 0.29) is 0 Å². The number of benzene rings is 1. The van der Waals surface area contributed by atoms with Gasteiger partial charge >= 0.3 is 0 Å². The minimum Gasteiger partial charge on any atom is -0.487 e. The van der Waals surface area contributed by atoms with Gasteiger partial charge in [0.25, 0.3) is 0 Å². The van der Waals surface area contributed by atoms with Gasteiger partial charge in [0.1, 0.15) is 18.2 Å². The smallest absolute Gasteiger partial charge is 0.141 e. The van der Waals surface area contributed by atoms with Crippen LogP contribution in [0.25, 0.3) is 0 Å². The highest BCUT2D eigenvalue weighted by Crippen LogP contribution is 2.21. The van der Waals surface area contributed by atoms with Gasteiger partial charge in [-0.25, -0.2) is 4.98 Å². The van der Waals surface area contributed by atoms with Gasteiger partial charge in [0.05, 0.1) is 18.1 Å². The van der Waals surface area contributed by atoms with Crippen LogP contribution in [0.3, 0.4) is 0 Å². The lowest BCUT2D eigenvalue weighted by Gasteiger charge is -2.07. The lowest BCUT2D eigenvalue weighted by molar-refractivity contribution is 0.300.